The fourth-order valence-corrected chi connectivity index (χ4v) is 6.86. The first-order valence-electron chi connectivity index (χ1n) is 24.6. The zero-order chi connectivity index (χ0) is 60.3. The van der Waals surface area contributed by atoms with Gasteiger partial charge in [0, 0.05) is 19.4 Å². The van der Waals surface area contributed by atoms with Crippen LogP contribution < -0.4 is 70.8 Å². The number of aliphatic hydroxyl groups is 3. The number of nitrogens with one attached hydrogen (secondary N) is 9. The van der Waals surface area contributed by atoms with E-state index in [2.05, 4.69) is 47.5 Å². The van der Waals surface area contributed by atoms with Crippen molar-refractivity contribution in [2.24, 2.45) is 45.7 Å². The molecule has 0 aliphatic carbocycles. The second-order valence-corrected chi connectivity index (χ2v) is 19.0. The third-order valence-electron chi connectivity index (χ3n) is 11.3. The highest BCUT2D eigenvalue weighted by molar-refractivity contribution is 5.99. The van der Waals surface area contributed by atoms with Gasteiger partial charge >= 0.3 is 17.9 Å². The van der Waals surface area contributed by atoms with Gasteiger partial charge in [-0.25, -0.2) is 4.79 Å². The molecule has 0 aromatic carbocycles. The van der Waals surface area contributed by atoms with Crippen LogP contribution in [0.4, 0.5) is 0 Å². The number of aliphatic hydroxyl groups excluding tert-OH is 3. The van der Waals surface area contributed by atoms with Crippen LogP contribution in [-0.2, 0) is 62.3 Å². The van der Waals surface area contributed by atoms with Crippen molar-refractivity contribution in [1.82, 2.24) is 47.9 Å². The maximum atomic E-state index is 13.9. The van der Waals surface area contributed by atoms with Gasteiger partial charge in [0.15, 0.2) is 5.96 Å². The predicted octanol–water partition coefficient (Wildman–Crippen LogP) is -8.25. The average Bonchev–Trinajstić information content (AvgIpc) is 3.33. The molecule has 23 N–H and O–H groups in total. The minimum Gasteiger partial charge on any atom is -0.481 e. The quantitative estimate of drug-likeness (QED) is 0.0156. The summed E-state index contributed by atoms with van der Waals surface area (Å²) >= 11 is 0. The fourth-order valence-electron chi connectivity index (χ4n) is 6.86. The first-order valence-corrected chi connectivity index (χ1v) is 24.6. The molecular formula is C45H78N14O19. The molecule has 0 heterocycles. The molecule has 442 valence electrons. The SMILES string of the molecule is CC(C)[C@H](NC(=O)[C@H](CC(N)=O)NC(=O)[C@H](CO)NC(=O)[C@H](CO)NC(=O)[C@@H](N)CCC(=O)O)C(=O)N[C@H](C(=O)N[C@H](C(=O)N[C@H](C(=O)N[C@@H](CCC(=O)O)C(=O)N[C@@H](CCCN=C(N)N)C(=O)O)[C@@H](C)O)C(C)C)C(C)C. The highest BCUT2D eigenvalue weighted by Crippen LogP contribution is 2.12. The number of amides is 10. The lowest BCUT2D eigenvalue weighted by Gasteiger charge is -2.31. The number of carboxylic acids is 3. The smallest absolute Gasteiger partial charge is 0.326 e. The molecule has 10 amide bonds. The van der Waals surface area contributed by atoms with E-state index in [9.17, 15) is 87.9 Å². The molecule has 33 nitrogen and oxygen atoms in total. The lowest BCUT2D eigenvalue weighted by Crippen LogP contribution is -2.63. The number of carboxylic acid groups (broad SMARTS) is 3. The molecule has 78 heavy (non-hydrogen) atoms. The van der Waals surface area contributed by atoms with Gasteiger partial charge in [-0.15, -0.1) is 0 Å². The maximum Gasteiger partial charge on any atom is 0.326 e. The highest BCUT2D eigenvalue weighted by atomic mass is 16.4. The summed E-state index contributed by atoms with van der Waals surface area (Å²) in [7, 11) is 0. The number of hydrogen-bond acceptors (Lipinski definition) is 18. The third kappa shape index (κ3) is 25.8. The van der Waals surface area contributed by atoms with Gasteiger partial charge in [0.05, 0.1) is 31.8 Å². The molecule has 0 aliphatic heterocycles. The Bertz CT molecular complexity index is 2160. The van der Waals surface area contributed by atoms with Gasteiger partial charge in [-0.1, -0.05) is 41.5 Å². The summed E-state index contributed by atoms with van der Waals surface area (Å²) in [4.78, 5) is 171. The Labute approximate surface area is 448 Å². The number of hydrogen-bond donors (Lipinski definition) is 19. The number of aliphatic carboxylic acids is 3. The Kier molecular flexibility index (Phi) is 31.3. The zero-order valence-electron chi connectivity index (χ0n) is 44.4. The molecule has 0 radical (unpaired) electrons. The monoisotopic (exact) mass is 1120 g/mol. The minimum absolute atomic E-state index is 0.00839. The average molecular weight is 1120 g/mol. The van der Waals surface area contributed by atoms with Crippen LogP contribution in [0.15, 0.2) is 4.99 Å². The maximum absolute atomic E-state index is 13.9. The Morgan fingerprint density at radius 2 is 0.782 bits per heavy atom. The lowest BCUT2D eigenvalue weighted by atomic mass is 9.97. The number of nitrogens with two attached hydrogens (primary N) is 4. The van der Waals surface area contributed by atoms with Crippen LogP contribution in [0.25, 0.3) is 0 Å². The van der Waals surface area contributed by atoms with Crippen molar-refractivity contribution in [3.63, 3.8) is 0 Å². The largest absolute Gasteiger partial charge is 0.481 e. The summed E-state index contributed by atoms with van der Waals surface area (Å²) in [5, 5.41) is 78.5. The van der Waals surface area contributed by atoms with E-state index in [0.29, 0.717) is 0 Å². The number of primary amides is 1. The molecule has 0 saturated heterocycles. The number of nitrogens with zero attached hydrogens (tertiary/aromatic N) is 1. The van der Waals surface area contributed by atoms with E-state index >= 15 is 0 Å². The fraction of sp³-hybridized carbons (Fsp3) is 0.689. The molecule has 0 unspecified atom stereocenters. The molecule has 0 saturated carbocycles. The number of guanidine groups is 1. The molecule has 0 aromatic rings. The van der Waals surface area contributed by atoms with Crippen molar-refractivity contribution in [3.8, 4) is 0 Å². The molecule has 0 fully saturated rings. The summed E-state index contributed by atoms with van der Waals surface area (Å²) < 4.78 is 0. The second-order valence-electron chi connectivity index (χ2n) is 19.0. The van der Waals surface area contributed by atoms with Gasteiger partial charge in [-0.3, -0.25) is 62.5 Å². The molecule has 0 aliphatic rings. The third-order valence-corrected chi connectivity index (χ3v) is 11.3. The van der Waals surface area contributed by atoms with E-state index in [1.165, 1.54) is 41.5 Å². The van der Waals surface area contributed by atoms with Crippen LogP contribution in [0, 0.1) is 17.8 Å². The minimum atomic E-state index is -1.89. The Balaban J connectivity index is 6.34. The van der Waals surface area contributed by atoms with Gasteiger partial charge in [0.1, 0.15) is 54.4 Å². The first-order chi connectivity index (χ1) is 36.2. The normalized spacial score (nSPS) is 15.4. The predicted molar refractivity (Wildman–Crippen MR) is 271 cm³/mol. The van der Waals surface area contributed by atoms with Crippen molar-refractivity contribution < 1.29 is 93.0 Å². The van der Waals surface area contributed by atoms with E-state index in [-0.39, 0.29) is 31.8 Å². The van der Waals surface area contributed by atoms with Gasteiger partial charge in [-0.2, -0.15) is 0 Å². The van der Waals surface area contributed by atoms with E-state index in [0.717, 1.165) is 6.92 Å². The standard InChI is InChI=1S/C45H78N14O19/c1-18(2)31(56-37(70)25(15-28(47)63)53-38(71)27(17-61)55-39(72)26(16-60)54-35(68)22(46)10-12-29(64)65)40(73)57-32(19(3)4)41(74)58-33(20(5)6)42(75)59-34(21(7)62)43(76)51-23(11-13-30(66)67)36(69)52-24(44(77)78)9-8-14-50-45(48)49/h18-27,31-34,60-62H,8-17,46H2,1-7H3,(H2,47,63)(H,51,76)(H,52,69)(H,53,71)(H,54,68)(H,55,72)(H,56,70)(H,57,73)(H,58,74)(H,59,75)(H,64,65)(H,66,67)(H,77,78)(H4,48,49,50)/t21-,22+,23+,24+,25+,26+,27+,31+,32+,33+,34+/m1/s1. The van der Waals surface area contributed by atoms with Gasteiger partial charge in [-0.05, 0) is 50.4 Å². The van der Waals surface area contributed by atoms with Crippen LogP contribution >= 0.6 is 0 Å². The molecule has 33 heteroatoms. The molecule has 0 spiro atoms. The van der Waals surface area contributed by atoms with E-state index < -0.39 is 200 Å². The summed E-state index contributed by atoms with van der Waals surface area (Å²) in [5.41, 5.74) is 21.5. The summed E-state index contributed by atoms with van der Waals surface area (Å²) in [6.07, 6.45) is -4.76. The van der Waals surface area contributed by atoms with Crippen molar-refractivity contribution in [1.29, 1.82) is 0 Å². The van der Waals surface area contributed by atoms with Crippen molar-refractivity contribution in [2.45, 2.75) is 160 Å². The number of carbonyl (C=O) groups excluding carboxylic acids is 10. The van der Waals surface area contributed by atoms with Gasteiger partial charge in [0.2, 0.25) is 59.1 Å². The Morgan fingerprint density at radius 1 is 0.436 bits per heavy atom. The number of rotatable bonds is 37. The second kappa shape index (κ2) is 34.8. The summed E-state index contributed by atoms with van der Waals surface area (Å²) in [6.45, 7) is 7.87. The topological polar surface area (TPSA) is 568 Å². The van der Waals surface area contributed by atoms with Crippen LogP contribution in [0.1, 0.15) is 93.4 Å². The van der Waals surface area contributed by atoms with Gasteiger partial charge < -0.3 is 101 Å². The molecule has 0 rings (SSSR count). The molecule has 0 bridgehead atoms. The molecular weight excluding hydrogens is 1040 g/mol. The molecule has 11 atom stereocenters. The van der Waals surface area contributed by atoms with Crippen molar-refractivity contribution in [3.05, 3.63) is 0 Å². The van der Waals surface area contributed by atoms with Crippen LogP contribution in [0.5, 0.6) is 0 Å². The van der Waals surface area contributed by atoms with Crippen molar-refractivity contribution >= 4 is 82.9 Å². The lowest BCUT2D eigenvalue weighted by molar-refractivity contribution is -0.143. The Morgan fingerprint density at radius 3 is 1.17 bits per heavy atom. The van der Waals surface area contributed by atoms with Crippen LogP contribution in [0.2, 0.25) is 0 Å². The van der Waals surface area contributed by atoms with Crippen LogP contribution in [-0.4, -0.2) is 200 Å². The number of aliphatic imine (C=N–C) groups is 1. The molecule has 0 aromatic heterocycles. The number of carbonyl (C=O) groups is 13. The highest BCUT2D eigenvalue weighted by Gasteiger charge is 2.38. The van der Waals surface area contributed by atoms with Crippen LogP contribution in [0.3, 0.4) is 0 Å². The first kappa shape index (κ1) is 70.2. The Hall–Kier alpha value is -7.78. The van der Waals surface area contributed by atoms with Crippen molar-refractivity contribution in [2.75, 3.05) is 19.8 Å². The van der Waals surface area contributed by atoms with E-state index in [1.807, 2.05) is 5.32 Å². The summed E-state index contributed by atoms with van der Waals surface area (Å²) in [6, 6.07) is -16.5. The van der Waals surface area contributed by atoms with E-state index in [1.54, 1.807) is 0 Å². The summed E-state index contributed by atoms with van der Waals surface area (Å²) in [5.74, 6) is -17.9. The van der Waals surface area contributed by atoms with Gasteiger partial charge in [0.25, 0.3) is 0 Å². The zero-order valence-corrected chi connectivity index (χ0v) is 44.4. The van der Waals surface area contributed by atoms with E-state index in [4.69, 9.17) is 28.0 Å².